The summed E-state index contributed by atoms with van der Waals surface area (Å²) >= 11 is 0. The summed E-state index contributed by atoms with van der Waals surface area (Å²) < 4.78 is 0. The molecule has 0 aromatic carbocycles. The van der Waals surface area contributed by atoms with Gasteiger partial charge in [-0.15, -0.1) is 0 Å². The fraction of sp³-hybridized carbons (Fsp3) is 1.00. The summed E-state index contributed by atoms with van der Waals surface area (Å²) in [6.07, 6.45) is 7.93. The first-order chi connectivity index (χ1) is 6.61. The van der Waals surface area contributed by atoms with Crippen molar-refractivity contribution >= 4 is 0 Å². The largest absolute Gasteiger partial charge is 0.0625 e. The Morgan fingerprint density at radius 2 is 1.71 bits per heavy atom. The molecule has 0 nitrogen and oxygen atoms in total. The van der Waals surface area contributed by atoms with Crippen molar-refractivity contribution in [3.63, 3.8) is 0 Å². The lowest BCUT2D eigenvalue weighted by atomic mass is 9.40. The van der Waals surface area contributed by atoms with Gasteiger partial charge in [0.1, 0.15) is 0 Å². The highest BCUT2D eigenvalue weighted by Crippen LogP contribution is 2.71. The first-order valence-corrected chi connectivity index (χ1v) is 6.61. The molecule has 2 bridgehead atoms. The second kappa shape index (κ2) is 2.77. The van der Waals surface area contributed by atoms with Gasteiger partial charge < -0.3 is 0 Å². The molecular formula is C14H24. The predicted octanol–water partition coefficient (Wildman–Crippen LogP) is 4.10. The lowest BCUT2D eigenvalue weighted by Gasteiger charge is -2.65. The Hall–Kier alpha value is 0. The van der Waals surface area contributed by atoms with E-state index in [0.29, 0.717) is 0 Å². The van der Waals surface area contributed by atoms with E-state index in [9.17, 15) is 0 Å². The van der Waals surface area contributed by atoms with Crippen LogP contribution in [0.3, 0.4) is 0 Å². The lowest BCUT2D eigenvalue weighted by Crippen LogP contribution is -2.55. The summed E-state index contributed by atoms with van der Waals surface area (Å²) in [5.74, 6) is 5.25. The van der Waals surface area contributed by atoms with Crippen LogP contribution in [0.4, 0.5) is 0 Å². The highest BCUT2D eigenvalue weighted by Gasteiger charge is 2.61. The Balaban J connectivity index is 1.68. The van der Waals surface area contributed by atoms with E-state index < -0.39 is 0 Å². The maximum absolute atomic E-state index is 2.50. The number of hydrogen-bond acceptors (Lipinski definition) is 0. The van der Waals surface area contributed by atoms with Gasteiger partial charge in [0, 0.05) is 0 Å². The average Bonchev–Trinajstić information content (AvgIpc) is 2.24. The van der Waals surface area contributed by atoms with E-state index in [2.05, 4.69) is 20.8 Å². The predicted molar refractivity (Wildman–Crippen MR) is 60.0 cm³/mol. The molecule has 80 valence electrons. The SMILES string of the molecule is CC(C)C1C[C@H](C23CC(C2)C3)CC1C. The van der Waals surface area contributed by atoms with Crippen LogP contribution in [0.2, 0.25) is 0 Å². The summed E-state index contributed by atoms with van der Waals surface area (Å²) in [4.78, 5) is 0. The van der Waals surface area contributed by atoms with Gasteiger partial charge >= 0.3 is 0 Å². The monoisotopic (exact) mass is 192 g/mol. The lowest BCUT2D eigenvalue weighted by molar-refractivity contribution is -0.151. The van der Waals surface area contributed by atoms with Crippen molar-refractivity contribution in [2.24, 2.45) is 35.0 Å². The molecule has 0 saturated heterocycles. The van der Waals surface area contributed by atoms with E-state index in [1.165, 1.54) is 5.92 Å². The van der Waals surface area contributed by atoms with Crippen LogP contribution in [-0.2, 0) is 0 Å². The highest BCUT2D eigenvalue weighted by molar-refractivity contribution is 5.11. The maximum Gasteiger partial charge on any atom is -0.0261 e. The van der Waals surface area contributed by atoms with Crippen LogP contribution in [0.1, 0.15) is 52.9 Å². The van der Waals surface area contributed by atoms with Gasteiger partial charge in [0.2, 0.25) is 0 Å². The summed E-state index contributed by atoms with van der Waals surface area (Å²) in [6, 6.07) is 0. The van der Waals surface area contributed by atoms with Crippen molar-refractivity contribution in [3.05, 3.63) is 0 Å². The first kappa shape index (κ1) is 9.24. The highest BCUT2D eigenvalue weighted by atomic mass is 14.7. The van der Waals surface area contributed by atoms with E-state index in [4.69, 9.17) is 0 Å². The van der Waals surface area contributed by atoms with Gasteiger partial charge in [0.05, 0.1) is 0 Å². The van der Waals surface area contributed by atoms with E-state index in [-0.39, 0.29) is 0 Å². The molecule has 0 N–H and O–H groups in total. The van der Waals surface area contributed by atoms with Crippen molar-refractivity contribution in [1.82, 2.24) is 0 Å². The molecule has 4 aliphatic rings. The van der Waals surface area contributed by atoms with Gasteiger partial charge in [-0.3, -0.25) is 0 Å². The molecule has 0 aromatic heterocycles. The Labute approximate surface area is 88.5 Å². The van der Waals surface area contributed by atoms with Crippen LogP contribution in [-0.4, -0.2) is 0 Å². The molecule has 14 heavy (non-hydrogen) atoms. The zero-order valence-electron chi connectivity index (χ0n) is 9.92. The van der Waals surface area contributed by atoms with Crippen LogP contribution < -0.4 is 0 Å². The average molecular weight is 192 g/mol. The van der Waals surface area contributed by atoms with Gasteiger partial charge in [0.25, 0.3) is 0 Å². The van der Waals surface area contributed by atoms with E-state index in [0.717, 1.165) is 29.1 Å². The Bertz CT molecular complexity index is 223. The van der Waals surface area contributed by atoms with Crippen LogP contribution in [0.15, 0.2) is 0 Å². The molecule has 4 fully saturated rings. The zero-order valence-corrected chi connectivity index (χ0v) is 9.92. The molecule has 2 unspecified atom stereocenters. The van der Waals surface area contributed by atoms with Crippen LogP contribution in [0, 0.1) is 35.0 Å². The van der Waals surface area contributed by atoms with Crippen molar-refractivity contribution in [2.75, 3.05) is 0 Å². The quantitative estimate of drug-likeness (QED) is 0.618. The van der Waals surface area contributed by atoms with Crippen LogP contribution in [0.5, 0.6) is 0 Å². The molecule has 0 heterocycles. The minimum absolute atomic E-state index is 0.891. The Kier molecular flexibility index (Phi) is 1.83. The molecule has 0 aliphatic heterocycles. The second-order valence-electron chi connectivity index (χ2n) is 6.89. The Morgan fingerprint density at radius 1 is 1.07 bits per heavy atom. The van der Waals surface area contributed by atoms with E-state index in [1.807, 2.05) is 0 Å². The van der Waals surface area contributed by atoms with Gasteiger partial charge in [-0.05, 0) is 67.1 Å². The minimum atomic E-state index is 0.891. The van der Waals surface area contributed by atoms with Crippen molar-refractivity contribution in [1.29, 1.82) is 0 Å². The molecule has 4 saturated carbocycles. The van der Waals surface area contributed by atoms with Gasteiger partial charge in [-0.25, -0.2) is 0 Å². The molecule has 3 atom stereocenters. The molecule has 0 heteroatoms. The van der Waals surface area contributed by atoms with Gasteiger partial charge in [-0.2, -0.15) is 0 Å². The fourth-order valence-electron chi connectivity index (χ4n) is 4.76. The smallest absolute Gasteiger partial charge is 0.0261 e. The minimum Gasteiger partial charge on any atom is -0.0625 e. The zero-order chi connectivity index (χ0) is 9.92. The third kappa shape index (κ3) is 1.06. The number of rotatable bonds is 2. The molecule has 4 rings (SSSR count). The third-order valence-electron chi connectivity index (χ3n) is 5.75. The fourth-order valence-corrected chi connectivity index (χ4v) is 4.76. The van der Waals surface area contributed by atoms with E-state index in [1.54, 1.807) is 32.1 Å². The van der Waals surface area contributed by atoms with Crippen LogP contribution >= 0.6 is 0 Å². The summed E-state index contributed by atoms with van der Waals surface area (Å²) in [6.45, 7) is 7.34. The number of hydrogen-bond donors (Lipinski definition) is 0. The summed E-state index contributed by atoms with van der Waals surface area (Å²) in [7, 11) is 0. The summed E-state index contributed by atoms with van der Waals surface area (Å²) in [5.41, 5.74) is 0.891. The molecule has 0 radical (unpaired) electrons. The van der Waals surface area contributed by atoms with Crippen molar-refractivity contribution < 1.29 is 0 Å². The molecular weight excluding hydrogens is 168 g/mol. The van der Waals surface area contributed by atoms with Crippen molar-refractivity contribution in [3.8, 4) is 0 Å². The van der Waals surface area contributed by atoms with Crippen molar-refractivity contribution in [2.45, 2.75) is 52.9 Å². The molecule has 0 amide bonds. The Morgan fingerprint density at radius 3 is 2.07 bits per heavy atom. The van der Waals surface area contributed by atoms with E-state index >= 15 is 0 Å². The van der Waals surface area contributed by atoms with Gasteiger partial charge in [0.15, 0.2) is 0 Å². The molecule has 0 aromatic rings. The third-order valence-corrected chi connectivity index (χ3v) is 5.75. The van der Waals surface area contributed by atoms with Gasteiger partial charge in [-0.1, -0.05) is 20.8 Å². The first-order valence-electron chi connectivity index (χ1n) is 6.61. The maximum atomic E-state index is 2.50. The topological polar surface area (TPSA) is 0 Å². The second-order valence-corrected chi connectivity index (χ2v) is 6.89. The molecule has 4 aliphatic carbocycles. The molecule has 0 spiro atoms. The summed E-state index contributed by atoms with van der Waals surface area (Å²) in [5, 5.41) is 0. The van der Waals surface area contributed by atoms with Crippen LogP contribution in [0.25, 0.3) is 0 Å². The normalized spacial score (nSPS) is 55.7. The standard InChI is InChI=1S/C14H24/c1-9(2)13-5-12(4-10(13)3)14-6-11(7-14)8-14/h9-13H,4-8H2,1-3H3/t10?,11?,12-,13?,14?/m1/s1.